The number of aryl methyl sites for hydroxylation is 1. The highest BCUT2D eigenvalue weighted by Crippen LogP contribution is 2.45. The minimum atomic E-state index is -0.00770. The van der Waals surface area contributed by atoms with Crippen molar-refractivity contribution < 1.29 is 9.53 Å². The van der Waals surface area contributed by atoms with E-state index in [-0.39, 0.29) is 11.9 Å². The number of rotatable bonds is 4. The lowest BCUT2D eigenvalue weighted by molar-refractivity contribution is -0.114. The summed E-state index contributed by atoms with van der Waals surface area (Å²) in [6.45, 7) is 4.85. The number of hydrogen-bond donors (Lipinski definition) is 1. The Hall–Kier alpha value is -1.40. The number of carbonyl (C=O) groups is 1. The summed E-state index contributed by atoms with van der Waals surface area (Å²) in [5, 5.41) is 4.89. The summed E-state index contributed by atoms with van der Waals surface area (Å²) >= 11 is 7.92. The van der Waals surface area contributed by atoms with E-state index in [1.165, 1.54) is 34.4 Å². The van der Waals surface area contributed by atoms with Crippen molar-refractivity contribution in [2.45, 2.75) is 38.6 Å². The Morgan fingerprint density at radius 2 is 1.89 bits per heavy atom. The van der Waals surface area contributed by atoms with Crippen LogP contribution >= 0.6 is 22.9 Å². The molecule has 0 spiro atoms. The summed E-state index contributed by atoms with van der Waals surface area (Å²) in [4.78, 5) is 15.8. The average molecular weight is 405 g/mol. The quantitative estimate of drug-likeness (QED) is 0.805. The molecule has 2 heterocycles. The molecular weight excluding hydrogens is 380 g/mol. The van der Waals surface area contributed by atoms with E-state index in [1.54, 1.807) is 18.3 Å². The lowest BCUT2D eigenvalue weighted by atomic mass is 9.88. The van der Waals surface area contributed by atoms with Crippen LogP contribution in [0.1, 0.15) is 47.4 Å². The maximum atomic E-state index is 11.9. The first-order valence-corrected chi connectivity index (χ1v) is 10.8. The average Bonchev–Trinajstić information content (AvgIpc) is 3.02. The smallest absolute Gasteiger partial charge is 0.221 e. The summed E-state index contributed by atoms with van der Waals surface area (Å²) in [6.07, 6.45) is 4.65. The Morgan fingerprint density at radius 1 is 1.19 bits per heavy atom. The van der Waals surface area contributed by atoms with Gasteiger partial charge in [-0.2, -0.15) is 0 Å². The zero-order valence-electron chi connectivity index (χ0n) is 15.6. The minimum absolute atomic E-state index is 0.00770. The summed E-state index contributed by atoms with van der Waals surface area (Å²) in [6, 6.07) is 8.27. The molecule has 0 bridgehead atoms. The lowest BCUT2D eigenvalue weighted by Crippen LogP contribution is -2.40. The number of hydrogen-bond acceptors (Lipinski definition) is 4. The molecular formula is C21H25ClN2O2S. The Bertz CT molecular complexity index is 812. The number of nitrogens with zero attached hydrogens (tertiary/aromatic N) is 1. The molecule has 0 saturated carbocycles. The van der Waals surface area contributed by atoms with Gasteiger partial charge in [-0.05, 0) is 48.9 Å². The first-order valence-electron chi connectivity index (χ1n) is 9.63. The van der Waals surface area contributed by atoms with Crippen molar-refractivity contribution >= 4 is 33.8 Å². The number of fused-ring (bicyclic) bond motifs is 1. The molecule has 2 aliphatic rings. The van der Waals surface area contributed by atoms with Crippen LogP contribution in [0.3, 0.4) is 0 Å². The fourth-order valence-corrected chi connectivity index (χ4v) is 5.67. The van der Waals surface area contributed by atoms with Crippen LogP contribution in [0.25, 0.3) is 0 Å². The molecule has 1 N–H and O–H groups in total. The highest BCUT2D eigenvalue weighted by molar-refractivity contribution is 7.16. The van der Waals surface area contributed by atoms with Gasteiger partial charge in [0.25, 0.3) is 0 Å². The molecule has 1 aliphatic heterocycles. The molecule has 1 aromatic carbocycles. The van der Waals surface area contributed by atoms with Crippen molar-refractivity contribution in [3.63, 3.8) is 0 Å². The maximum absolute atomic E-state index is 11.9. The Labute approximate surface area is 169 Å². The maximum Gasteiger partial charge on any atom is 0.221 e. The summed E-state index contributed by atoms with van der Waals surface area (Å²) in [5.74, 6) is -0.00770. The normalized spacial score (nSPS) is 18.7. The van der Waals surface area contributed by atoms with Gasteiger partial charge < -0.3 is 10.1 Å². The third-order valence-corrected chi connectivity index (χ3v) is 6.85. The van der Waals surface area contributed by atoms with Gasteiger partial charge >= 0.3 is 0 Å². The predicted molar refractivity (Wildman–Crippen MR) is 111 cm³/mol. The molecule has 4 nitrogen and oxygen atoms in total. The van der Waals surface area contributed by atoms with Crippen LogP contribution in [0.15, 0.2) is 24.3 Å². The molecule has 1 amide bonds. The van der Waals surface area contributed by atoms with Gasteiger partial charge in [-0.15, -0.1) is 11.3 Å². The van der Waals surface area contributed by atoms with Crippen molar-refractivity contribution in [2.24, 2.45) is 0 Å². The van der Waals surface area contributed by atoms with Crippen molar-refractivity contribution in [1.82, 2.24) is 4.90 Å². The van der Waals surface area contributed by atoms with Gasteiger partial charge in [-0.25, -0.2) is 0 Å². The van der Waals surface area contributed by atoms with Gasteiger partial charge in [-0.1, -0.05) is 23.7 Å². The topological polar surface area (TPSA) is 41.6 Å². The van der Waals surface area contributed by atoms with E-state index in [9.17, 15) is 4.79 Å². The van der Waals surface area contributed by atoms with Crippen LogP contribution in [0.5, 0.6) is 0 Å². The van der Waals surface area contributed by atoms with E-state index < -0.39 is 0 Å². The second-order valence-electron chi connectivity index (χ2n) is 7.24. The SMILES string of the molecule is CC(=O)Nc1sc2c(c1[C@H](c1ccc(Cl)cc1)N1CCOCC1)CCCC2. The highest BCUT2D eigenvalue weighted by Gasteiger charge is 2.32. The number of nitrogens with one attached hydrogen (secondary N) is 1. The van der Waals surface area contributed by atoms with Crippen LogP contribution in [0, 0.1) is 0 Å². The van der Waals surface area contributed by atoms with Crippen LogP contribution in [0.2, 0.25) is 5.02 Å². The van der Waals surface area contributed by atoms with Gasteiger partial charge in [0, 0.05) is 35.5 Å². The second kappa shape index (κ2) is 8.31. The third kappa shape index (κ3) is 4.06. The molecule has 0 unspecified atom stereocenters. The van der Waals surface area contributed by atoms with E-state index >= 15 is 0 Å². The lowest BCUT2D eigenvalue weighted by Gasteiger charge is -2.36. The first kappa shape index (κ1) is 18.9. The van der Waals surface area contributed by atoms with E-state index in [2.05, 4.69) is 22.3 Å². The van der Waals surface area contributed by atoms with Crippen LogP contribution < -0.4 is 5.32 Å². The summed E-state index contributed by atoms with van der Waals surface area (Å²) < 4.78 is 5.60. The van der Waals surface area contributed by atoms with Gasteiger partial charge in [0.15, 0.2) is 0 Å². The number of thiophene rings is 1. The van der Waals surface area contributed by atoms with Crippen molar-refractivity contribution in [2.75, 3.05) is 31.6 Å². The highest BCUT2D eigenvalue weighted by atomic mass is 35.5. The number of anilines is 1. The number of benzene rings is 1. The molecule has 1 aliphatic carbocycles. The molecule has 1 aromatic heterocycles. The summed E-state index contributed by atoms with van der Waals surface area (Å²) in [5.41, 5.74) is 3.95. The minimum Gasteiger partial charge on any atom is -0.379 e. The monoisotopic (exact) mass is 404 g/mol. The molecule has 2 aromatic rings. The molecule has 1 fully saturated rings. The van der Waals surface area contributed by atoms with Gasteiger partial charge in [0.05, 0.1) is 19.3 Å². The van der Waals surface area contributed by atoms with E-state index in [1.807, 2.05) is 12.1 Å². The Morgan fingerprint density at radius 3 is 2.59 bits per heavy atom. The van der Waals surface area contributed by atoms with Crippen LogP contribution in [0.4, 0.5) is 5.00 Å². The molecule has 27 heavy (non-hydrogen) atoms. The fourth-order valence-electron chi connectivity index (χ4n) is 4.17. The fraction of sp³-hybridized carbons (Fsp3) is 0.476. The number of amides is 1. The standard InChI is InChI=1S/C21H25ClN2O2S/c1-14(25)23-21-19(17-4-2-3-5-18(17)27-21)20(24-10-12-26-13-11-24)15-6-8-16(22)9-7-15/h6-9,20H,2-5,10-13H2,1H3,(H,23,25)/t20-/m0/s1. The third-order valence-electron chi connectivity index (χ3n) is 5.37. The van der Waals surface area contributed by atoms with Crippen molar-refractivity contribution in [3.8, 4) is 0 Å². The van der Waals surface area contributed by atoms with Gasteiger partial charge in [0.2, 0.25) is 5.91 Å². The number of halogens is 1. The van der Waals surface area contributed by atoms with Gasteiger partial charge in [0.1, 0.15) is 5.00 Å². The molecule has 1 saturated heterocycles. The Kier molecular flexibility index (Phi) is 5.83. The van der Waals surface area contributed by atoms with E-state index in [0.29, 0.717) is 0 Å². The first-order chi connectivity index (χ1) is 13.1. The van der Waals surface area contributed by atoms with Crippen LogP contribution in [-0.2, 0) is 22.4 Å². The van der Waals surface area contributed by atoms with E-state index in [0.717, 1.165) is 49.2 Å². The number of carbonyl (C=O) groups excluding carboxylic acids is 1. The summed E-state index contributed by atoms with van der Waals surface area (Å²) in [7, 11) is 0. The second-order valence-corrected chi connectivity index (χ2v) is 8.78. The molecule has 6 heteroatoms. The van der Waals surface area contributed by atoms with Gasteiger partial charge in [-0.3, -0.25) is 9.69 Å². The largest absolute Gasteiger partial charge is 0.379 e. The molecule has 144 valence electrons. The zero-order valence-corrected chi connectivity index (χ0v) is 17.2. The van der Waals surface area contributed by atoms with E-state index in [4.69, 9.17) is 16.3 Å². The zero-order chi connectivity index (χ0) is 18.8. The molecule has 0 radical (unpaired) electrons. The number of ether oxygens (including phenoxy) is 1. The molecule has 1 atom stereocenters. The van der Waals surface area contributed by atoms with Crippen molar-refractivity contribution in [3.05, 3.63) is 50.9 Å². The van der Waals surface area contributed by atoms with Crippen LogP contribution in [-0.4, -0.2) is 37.1 Å². The number of morpholine rings is 1. The Balaban J connectivity index is 1.84. The predicted octanol–water partition coefficient (Wildman–Crippen LogP) is 4.66. The van der Waals surface area contributed by atoms with Crippen molar-refractivity contribution in [1.29, 1.82) is 0 Å². The molecule has 4 rings (SSSR count).